The predicted molar refractivity (Wildman–Crippen MR) is 77.4 cm³/mol. The second kappa shape index (κ2) is 5.71. The number of hydrogen-bond acceptors (Lipinski definition) is 4. The van der Waals surface area contributed by atoms with Gasteiger partial charge in [0, 0.05) is 16.5 Å². The highest BCUT2D eigenvalue weighted by Gasteiger charge is 2.13. The molecule has 1 N–H and O–H groups in total. The van der Waals surface area contributed by atoms with Crippen molar-refractivity contribution in [3.05, 3.63) is 64.5 Å². The SMILES string of the molecule is O=C(NCc1cccs1)c1cc(-c2ccccc2)no1. The van der Waals surface area contributed by atoms with Crippen molar-refractivity contribution in [2.24, 2.45) is 0 Å². The monoisotopic (exact) mass is 284 g/mol. The molecule has 0 aliphatic rings. The molecule has 0 aliphatic heterocycles. The van der Waals surface area contributed by atoms with Gasteiger partial charge in [0.25, 0.3) is 5.91 Å². The van der Waals surface area contributed by atoms with E-state index in [1.165, 1.54) is 0 Å². The fourth-order valence-corrected chi connectivity index (χ4v) is 2.44. The highest BCUT2D eigenvalue weighted by Crippen LogP contribution is 2.18. The minimum absolute atomic E-state index is 0.223. The van der Waals surface area contributed by atoms with Crippen molar-refractivity contribution in [2.45, 2.75) is 6.54 Å². The molecular weight excluding hydrogens is 272 g/mol. The number of carbonyl (C=O) groups is 1. The number of benzene rings is 1. The molecule has 100 valence electrons. The van der Waals surface area contributed by atoms with Crippen LogP contribution in [0.5, 0.6) is 0 Å². The molecule has 0 saturated carbocycles. The lowest BCUT2D eigenvalue weighted by atomic mass is 10.1. The summed E-state index contributed by atoms with van der Waals surface area (Å²) < 4.78 is 5.09. The molecule has 0 unspecified atom stereocenters. The van der Waals surface area contributed by atoms with Crippen LogP contribution in [0.25, 0.3) is 11.3 Å². The van der Waals surface area contributed by atoms with Crippen LogP contribution < -0.4 is 5.32 Å². The maximum Gasteiger partial charge on any atom is 0.290 e. The number of amides is 1. The second-order valence-corrected chi connectivity index (χ2v) is 5.24. The van der Waals surface area contributed by atoms with Crippen molar-refractivity contribution < 1.29 is 9.32 Å². The first-order chi connectivity index (χ1) is 9.83. The van der Waals surface area contributed by atoms with Crippen molar-refractivity contribution in [2.75, 3.05) is 0 Å². The molecule has 4 nitrogen and oxygen atoms in total. The quantitative estimate of drug-likeness (QED) is 0.799. The Hall–Kier alpha value is -2.40. The van der Waals surface area contributed by atoms with Gasteiger partial charge >= 0.3 is 0 Å². The first-order valence-electron chi connectivity index (χ1n) is 6.15. The topological polar surface area (TPSA) is 55.1 Å². The van der Waals surface area contributed by atoms with E-state index in [0.29, 0.717) is 12.2 Å². The van der Waals surface area contributed by atoms with Crippen molar-refractivity contribution in [3.8, 4) is 11.3 Å². The highest BCUT2D eigenvalue weighted by molar-refractivity contribution is 7.09. The van der Waals surface area contributed by atoms with Crippen LogP contribution in [-0.4, -0.2) is 11.1 Å². The standard InChI is InChI=1S/C15H12N2O2S/c18-15(16-10-12-7-4-8-20-12)14-9-13(17-19-14)11-5-2-1-3-6-11/h1-9H,10H2,(H,16,18). The van der Waals surface area contributed by atoms with E-state index in [4.69, 9.17) is 4.52 Å². The third-order valence-corrected chi connectivity index (χ3v) is 3.68. The third-order valence-electron chi connectivity index (χ3n) is 2.81. The fourth-order valence-electron chi connectivity index (χ4n) is 1.79. The first kappa shape index (κ1) is 12.6. The van der Waals surface area contributed by atoms with Gasteiger partial charge in [-0.2, -0.15) is 0 Å². The maximum atomic E-state index is 11.9. The van der Waals surface area contributed by atoms with E-state index in [0.717, 1.165) is 10.4 Å². The van der Waals surface area contributed by atoms with Crippen LogP contribution in [0.4, 0.5) is 0 Å². The van der Waals surface area contributed by atoms with Crippen LogP contribution in [-0.2, 0) is 6.54 Å². The number of rotatable bonds is 4. The third kappa shape index (κ3) is 2.78. The molecule has 0 spiro atoms. The largest absolute Gasteiger partial charge is 0.350 e. The van der Waals surface area contributed by atoms with Gasteiger partial charge in [-0.15, -0.1) is 11.3 Å². The van der Waals surface area contributed by atoms with Crippen LogP contribution >= 0.6 is 11.3 Å². The number of thiophene rings is 1. The summed E-state index contributed by atoms with van der Waals surface area (Å²) in [5, 5.41) is 8.70. The summed E-state index contributed by atoms with van der Waals surface area (Å²) in [5.74, 6) is -0.0338. The Kier molecular flexibility index (Phi) is 3.60. The predicted octanol–water partition coefficient (Wildman–Crippen LogP) is 3.33. The van der Waals surface area contributed by atoms with E-state index in [1.54, 1.807) is 17.4 Å². The van der Waals surface area contributed by atoms with E-state index in [9.17, 15) is 4.79 Å². The van der Waals surface area contributed by atoms with Crippen molar-refractivity contribution in [1.82, 2.24) is 10.5 Å². The molecule has 2 aromatic heterocycles. The summed E-state index contributed by atoms with van der Waals surface area (Å²) >= 11 is 1.60. The molecule has 0 bridgehead atoms. The molecule has 20 heavy (non-hydrogen) atoms. The number of hydrogen-bond donors (Lipinski definition) is 1. The molecule has 1 amide bonds. The van der Waals surface area contributed by atoms with Gasteiger partial charge in [0.05, 0.1) is 6.54 Å². The van der Waals surface area contributed by atoms with Crippen LogP contribution in [0.2, 0.25) is 0 Å². The molecule has 0 fully saturated rings. The molecule has 3 aromatic rings. The number of carbonyl (C=O) groups excluding carboxylic acids is 1. The zero-order chi connectivity index (χ0) is 13.8. The first-order valence-corrected chi connectivity index (χ1v) is 7.03. The minimum Gasteiger partial charge on any atom is -0.350 e. The number of nitrogens with zero attached hydrogens (tertiary/aromatic N) is 1. The zero-order valence-corrected chi connectivity index (χ0v) is 11.4. The second-order valence-electron chi connectivity index (χ2n) is 4.20. The van der Waals surface area contributed by atoms with Gasteiger partial charge in [-0.1, -0.05) is 41.6 Å². The Balaban J connectivity index is 1.69. The van der Waals surface area contributed by atoms with Gasteiger partial charge in [-0.25, -0.2) is 0 Å². The van der Waals surface area contributed by atoms with Crippen LogP contribution in [0.3, 0.4) is 0 Å². The van der Waals surface area contributed by atoms with Gasteiger partial charge in [-0.3, -0.25) is 4.79 Å². The summed E-state index contributed by atoms with van der Waals surface area (Å²) in [6.45, 7) is 0.498. The maximum absolute atomic E-state index is 11.9. The smallest absolute Gasteiger partial charge is 0.290 e. The van der Waals surface area contributed by atoms with Gasteiger partial charge in [-0.05, 0) is 11.4 Å². The van der Waals surface area contributed by atoms with Crippen LogP contribution in [0.15, 0.2) is 58.4 Å². The Morgan fingerprint density at radius 3 is 2.80 bits per heavy atom. The summed E-state index contributed by atoms with van der Waals surface area (Å²) in [6, 6.07) is 15.2. The molecule has 0 aliphatic carbocycles. The Morgan fingerprint density at radius 2 is 2.05 bits per heavy atom. The average Bonchev–Trinajstić information content (AvgIpc) is 3.17. The molecule has 1 aromatic carbocycles. The lowest BCUT2D eigenvalue weighted by Crippen LogP contribution is -2.21. The summed E-state index contributed by atoms with van der Waals surface area (Å²) in [5.41, 5.74) is 1.58. The van der Waals surface area contributed by atoms with Crippen molar-refractivity contribution in [1.29, 1.82) is 0 Å². The summed E-state index contributed by atoms with van der Waals surface area (Å²) in [6.07, 6.45) is 0. The number of aromatic nitrogens is 1. The Bertz CT molecular complexity index is 690. The lowest BCUT2D eigenvalue weighted by Gasteiger charge is -1.99. The minimum atomic E-state index is -0.256. The Labute approximate surface area is 120 Å². The van der Waals surface area contributed by atoms with E-state index >= 15 is 0 Å². The molecule has 0 saturated heterocycles. The Morgan fingerprint density at radius 1 is 1.20 bits per heavy atom. The fraction of sp³-hybridized carbons (Fsp3) is 0.0667. The molecule has 0 radical (unpaired) electrons. The van der Waals surface area contributed by atoms with E-state index in [1.807, 2.05) is 47.8 Å². The van der Waals surface area contributed by atoms with E-state index in [-0.39, 0.29) is 11.7 Å². The molecule has 0 atom stereocenters. The molecular formula is C15H12N2O2S. The number of nitrogens with one attached hydrogen (secondary N) is 1. The van der Waals surface area contributed by atoms with Crippen molar-refractivity contribution >= 4 is 17.2 Å². The average molecular weight is 284 g/mol. The molecule has 2 heterocycles. The van der Waals surface area contributed by atoms with Crippen LogP contribution in [0, 0.1) is 0 Å². The highest BCUT2D eigenvalue weighted by atomic mass is 32.1. The summed E-state index contributed by atoms with van der Waals surface area (Å²) in [4.78, 5) is 13.0. The van der Waals surface area contributed by atoms with Gasteiger partial charge in [0.2, 0.25) is 5.76 Å². The van der Waals surface area contributed by atoms with Crippen LogP contribution in [0.1, 0.15) is 15.4 Å². The molecule has 5 heteroatoms. The van der Waals surface area contributed by atoms with Crippen molar-refractivity contribution in [3.63, 3.8) is 0 Å². The van der Waals surface area contributed by atoms with E-state index < -0.39 is 0 Å². The van der Waals surface area contributed by atoms with Gasteiger partial charge in [0.15, 0.2) is 0 Å². The lowest BCUT2D eigenvalue weighted by molar-refractivity contribution is 0.0914. The van der Waals surface area contributed by atoms with E-state index in [2.05, 4.69) is 10.5 Å². The zero-order valence-electron chi connectivity index (χ0n) is 10.6. The van der Waals surface area contributed by atoms with Gasteiger partial charge < -0.3 is 9.84 Å². The van der Waals surface area contributed by atoms with Gasteiger partial charge in [0.1, 0.15) is 5.69 Å². The normalized spacial score (nSPS) is 10.4. The molecule has 3 rings (SSSR count). The summed E-state index contributed by atoms with van der Waals surface area (Å²) in [7, 11) is 0.